The average Bonchev–Trinajstić information content (AvgIpc) is 2.90. The smallest absolute Gasteiger partial charge is 0.222 e. The van der Waals surface area contributed by atoms with Crippen LogP contribution in [-0.2, 0) is 4.79 Å². The molecule has 1 aliphatic heterocycles. The Morgan fingerprint density at radius 1 is 1.33 bits per heavy atom. The van der Waals surface area contributed by atoms with Gasteiger partial charge in [0, 0.05) is 12.5 Å². The predicted octanol–water partition coefficient (Wildman–Crippen LogP) is 3.42. The molecule has 2 unspecified atom stereocenters. The molecule has 3 nitrogen and oxygen atoms in total. The summed E-state index contributed by atoms with van der Waals surface area (Å²) in [6, 6.07) is 10.7. The molecule has 0 radical (unpaired) electrons. The first kappa shape index (κ1) is 16.0. The fourth-order valence-corrected chi connectivity index (χ4v) is 2.96. The minimum absolute atomic E-state index is 0.0973. The first-order valence-electron chi connectivity index (χ1n) is 8.02. The van der Waals surface area contributed by atoms with Gasteiger partial charge in [-0.25, -0.2) is 0 Å². The molecule has 116 valence electrons. The minimum atomic E-state index is 0.0973. The second-order valence-electron chi connectivity index (χ2n) is 7.29. The Bertz CT molecular complexity index is 444. The van der Waals surface area contributed by atoms with Gasteiger partial charge in [0.25, 0.3) is 0 Å². The van der Waals surface area contributed by atoms with Gasteiger partial charge in [0.15, 0.2) is 0 Å². The van der Waals surface area contributed by atoms with Crippen LogP contribution < -0.4 is 10.6 Å². The van der Waals surface area contributed by atoms with Crippen molar-refractivity contribution in [3.63, 3.8) is 0 Å². The van der Waals surface area contributed by atoms with E-state index < -0.39 is 0 Å². The van der Waals surface area contributed by atoms with E-state index in [1.165, 1.54) is 12.0 Å². The molecule has 21 heavy (non-hydrogen) atoms. The van der Waals surface area contributed by atoms with E-state index in [1.54, 1.807) is 0 Å². The third-order valence-electron chi connectivity index (χ3n) is 3.95. The number of benzene rings is 1. The minimum Gasteiger partial charge on any atom is -0.349 e. The van der Waals surface area contributed by atoms with Gasteiger partial charge < -0.3 is 10.6 Å². The molecule has 1 aromatic rings. The highest BCUT2D eigenvalue weighted by Gasteiger charge is 2.24. The fourth-order valence-electron chi connectivity index (χ4n) is 2.96. The van der Waals surface area contributed by atoms with Crippen LogP contribution in [0.2, 0.25) is 0 Å². The Hall–Kier alpha value is -1.35. The fraction of sp³-hybridized carbons (Fsp3) is 0.611. The first-order valence-corrected chi connectivity index (χ1v) is 8.02. The van der Waals surface area contributed by atoms with Crippen molar-refractivity contribution in [2.45, 2.75) is 58.5 Å². The van der Waals surface area contributed by atoms with Gasteiger partial charge in [0.2, 0.25) is 5.91 Å². The summed E-state index contributed by atoms with van der Waals surface area (Å²) in [4.78, 5) is 12.3. The molecule has 1 fully saturated rings. The summed E-state index contributed by atoms with van der Waals surface area (Å²) >= 11 is 0. The van der Waals surface area contributed by atoms with Gasteiger partial charge in [-0.15, -0.1) is 0 Å². The van der Waals surface area contributed by atoms with Gasteiger partial charge in [-0.3, -0.25) is 4.79 Å². The molecule has 0 saturated carbocycles. The predicted molar refractivity (Wildman–Crippen MR) is 87.0 cm³/mol. The molecular weight excluding hydrogens is 260 g/mol. The lowest BCUT2D eigenvalue weighted by molar-refractivity contribution is -0.122. The summed E-state index contributed by atoms with van der Waals surface area (Å²) in [5.41, 5.74) is 1.37. The maximum atomic E-state index is 12.3. The van der Waals surface area contributed by atoms with Crippen molar-refractivity contribution in [2.24, 2.45) is 5.41 Å². The van der Waals surface area contributed by atoms with Gasteiger partial charge in [0.05, 0.1) is 6.04 Å². The molecule has 0 spiro atoms. The number of hydrogen-bond acceptors (Lipinski definition) is 2. The van der Waals surface area contributed by atoms with Crippen LogP contribution >= 0.6 is 0 Å². The zero-order valence-corrected chi connectivity index (χ0v) is 13.5. The first-order chi connectivity index (χ1) is 9.94. The molecule has 2 N–H and O–H groups in total. The maximum absolute atomic E-state index is 12.3. The molecule has 1 heterocycles. The standard InChI is InChI=1S/C18H28N2O/c1-18(2,3)13-16(14-8-5-4-6-9-14)20-17(21)12-15-10-7-11-19-15/h4-6,8-9,15-16,19H,7,10-13H2,1-3H3,(H,20,21). The molecule has 2 atom stereocenters. The topological polar surface area (TPSA) is 41.1 Å². The Morgan fingerprint density at radius 3 is 2.62 bits per heavy atom. The molecule has 1 aromatic carbocycles. The summed E-state index contributed by atoms with van der Waals surface area (Å²) in [5.74, 6) is 0.160. The highest BCUT2D eigenvalue weighted by Crippen LogP contribution is 2.29. The zero-order valence-electron chi connectivity index (χ0n) is 13.5. The summed E-state index contributed by atoms with van der Waals surface area (Å²) in [5, 5.41) is 6.63. The van der Waals surface area contributed by atoms with Crippen LogP contribution in [0.5, 0.6) is 0 Å². The number of carbonyl (C=O) groups excluding carboxylic acids is 1. The zero-order chi connectivity index (χ0) is 15.3. The Balaban J connectivity index is 1.99. The Morgan fingerprint density at radius 2 is 2.05 bits per heavy atom. The van der Waals surface area contributed by atoms with Crippen molar-refractivity contribution in [2.75, 3.05) is 6.54 Å². The van der Waals surface area contributed by atoms with Crippen LogP contribution in [0.25, 0.3) is 0 Å². The van der Waals surface area contributed by atoms with E-state index >= 15 is 0 Å². The van der Waals surface area contributed by atoms with E-state index in [2.05, 4.69) is 43.5 Å². The molecule has 1 amide bonds. The highest BCUT2D eigenvalue weighted by atomic mass is 16.1. The molecule has 1 aliphatic rings. The van der Waals surface area contributed by atoms with Crippen molar-refractivity contribution in [1.29, 1.82) is 0 Å². The van der Waals surface area contributed by atoms with Crippen LogP contribution in [0.3, 0.4) is 0 Å². The Labute approximate surface area is 128 Å². The van der Waals surface area contributed by atoms with Crippen LogP contribution in [0, 0.1) is 5.41 Å². The van der Waals surface area contributed by atoms with Crippen molar-refractivity contribution in [3.05, 3.63) is 35.9 Å². The highest BCUT2D eigenvalue weighted by molar-refractivity contribution is 5.77. The molecule has 1 saturated heterocycles. The molecule has 3 heteroatoms. The van der Waals surface area contributed by atoms with Gasteiger partial charge in [-0.05, 0) is 36.8 Å². The largest absolute Gasteiger partial charge is 0.349 e. The van der Waals surface area contributed by atoms with Crippen molar-refractivity contribution in [1.82, 2.24) is 10.6 Å². The van der Waals surface area contributed by atoms with E-state index in [-0.39, 0.29) is 17.4 Å². The summed E-state index contributed by atoms with van der Waals surface area (Å²) in [7, 11) is 0. The van der Waals surface area contributed by atoms with Crippen molar-refractivity contribution >= 4 is 5.91 Å². The summed E-state index contributed by atoms with van der Waals surface area (Å²) < 4.78 is 0. The number of nitrogens with one attached hydrogen (secondary N) is 2. The normalized spacial score (nSPS) is 20.2. The lowest BCUT2D eigenvalue weighted by Crippen LogP contribution is -2.35. The Kier molecular flexibility index (Phi) is 5.40. The van der Waals surface area contributed by atoms with Gasteiger partial charge in [0.1, 0.15) is 0 Å². The summed E-state index contributed by atoms with van der Waals surface area (Å²) in [6.45, 7) is 7.69. The molecule has 2 rings (SSSR count). The van der Waals surface area contributed by atoms with E-state index in [0.717, 1.165) is 19.4 Å². The third-order valence-corrected chi connectivity index (χ3v) is 3.95. The number of rotatable bonds is 5. The van der Waals surface area contributed by atoms with Crippen LogP contribution in [-0.4, -0.2) is 18.5 Å². The van der Waals surface area contributed by atoms with E-state index in [1.807, 2.05) is 18.2 Å². The monoisotopic (exact) mass is 288 g/mol. The van der Waals surface area contributed by atoms with Gasteiger partial charge >= 0.3 is 0 Å². The average molecular weight is 288 g/mol. The molecule has 0 aliphatic carbocycles. The van der Waals surface area contributed by atoms with Crippen LogP contribution in [0.15, 0.2) is 30.3 Å². The molecule has 0 aromatic heterocycles. The summed E-state index contributed by atoms with van der Waals surface area (Å²) in [6.07, 6.45) is 3.83. The van der Waals surface area contributed by atoms with Gasteiger partial charge in [-0.1, -0.05) is 51.1 Å². The van der Waals surface area contributed by atoms with Crippen LogP contribution in [0.4, 0.5) is 0 Å². The SMILES string of the molecule is CC(C)(C)CC(NC(=O)CC1CCCN1)c1ccccc1. The molecule has 0 bridgehead atoms. The number of hydrogen-bond donors (Lipinski definition) is 2. The van der Waals surface area contributed by atoms with E-state index in [4.69, 9.17) is 0 Å². The number of carbonyl (C=O) groups is 1. The lowest BCUT2D eigenvalue weighted by Gasteiger charge is -2.27. The van der Waals surface area contributed by atoms with E-state index in [0.29, 0.717) is 12.5 Å². The number of amides is 1. The maximum Gasteiger partial charge on any atom is 0.222 e. The second-order valence-corrected chi connectivity index (χ2v) is 7.29. The second kappa shape index (κ2) is 7.08. The van der Waals surface area contributed by atoms with Crippen LogP contribution in [0.1, 0.15) is 58.1 Å². The van der Waals surface area contributed by atoms with Crippen molar-refractivity contribution < 1.29 is 4.79 Å². The molecular formula is C18H28N2O. The third kappa shape index (κ3) is 5.50. The lowest BCUT2D eigenvalue weighted by atomic mass is 9.85. The van der Waals surface area contributed by atoms with Gasteiger partial charge in [-0.2, -0.15) is 0 Å². The van der Waals surface area contributed by atoms with Crippen molar-refractivity contribution in [3.8, 4) is 0 Å². The van der Waals surface area contributed by atoms with E-state index in [9.17, 15) is 4.79 Å². The quantitative estimate of drug-likeness (QED) is 0.871.